The van der Waals surface area contributed by atoms with Crippen LogP contribution in [0.1, 0.15) is 45.8 Å². The molecule has 1 aromatic heterocycles. The summed E-state index contributed by atoms with van der Waals surface area (Å²) in [5.41, 5.74) is 3.12. The Morgan fingerprint density at radius 2 is 1.92 bits per heavy atom. The Bertz CT molecular complexity index is 1120. The van der Waals surface area contributed by atoms with Crippen molar-refractivity contribution in [3.8, 4) is 11.5 Å². The molecule has 0 bridgehead atoms. The number of hydrogen-bond acceptors (Lipinski definition) is 7. The molecule has 0 atom stereocenters. The molecule has 1 aliphatic rings. The molecule has 8 heteroatoms. The molecule has 1 fully saturated rings. The summed E-state index contributed by atoms with van der Waals surface area (Å²) in [6, 6.07) is 15.6. The molecule has 2 aromatic carbocycles. The summed E-state index contributed by atoms with van der Waals surface area (Å²) in [7, 11) is 2.14. The molecule has 0 unspecified atom stereocenters. The maximum absolute atomic E-state index is 12.9. The molecule has 0 aliphatic carbocycles. The number of ether oxygens (including phenoxy) is 3. The first-order valence-corrected chi connectivity index (χ1v) is 12.4. The van der Waals surface area contributed by atoms with E-state index in [0.29, 0.717) is 36.3 Å². The number of para-hydroxylation sites is 1. The van der Waals surface area contributed by atoms with E-state index < -0.39 is 0 Å². The molecular formula is C28H35N3O5. The summed E-state index contributed by atoms with van der Waals surface area (Å²) >= 11 is 0. The summed E-state index contributed by atoms with van der Waals surface area (Å²) in [5, 5.41) is 6.94. The highest BCUT2D eigenvalue weighted by atomic mass is 16.5. The van der Waals surface area contributed by atoms with E-state index >= 15 is 0 Å². The molecule has 0 radical (unpaired) electrons. The normalized spacial score (nSPS) is 14.1. The van der Waals surface area contributed by atoms with Crippen molar-refractivity contribution in [2.24, 2.45) is 0 Å². The van der Waals surface area contributed by atoms with Crippen LogP contribution in [0.4, 0.5) is 0 Å². The summed E-state index contributed by atoms with van der Waals surface area (Å²) in [4.78, 5) is 15.3. The molecule has 8 nitrogen and oxygen atoms in total. The zero-order valence-corrected chi connectivity index (χ0v) is 21.3. The second kappa shape index (κ2) is 12.6. The number of nitrogens with zero attached hydrogens (tertiary/aromatic N) is 2. The maximum Gasteiger partial charge on any atom is 0.255 e. The minimum absolute atomic E-state index is 0.200. The van der Waals surface area contributed by atoms with Gasteiger partial charge in [-0.15, -0.1) is 0 Å². The quantitative estimate of drug-likeness (QED) is 0.426. The standard InChI is InChI=1S/C28H35N3O5/c1-20-26(21(2)36-30-20)19-35-27-10-5-4-9-25(27)28(32)29-18-22-7-6-8-24(17-22)34-16-13-31(3)23-11-14-33-15-12-23/h4-10,17,23H,11-16,18-19H2,1-3H3,(H,29,32). The molecule has 3 aromatic rings. The molecule has 0 spiro atoms. The summed E-state index contributed by atoms with van der Waals surface area (Å²) < 4.78 is 22.6. The number of carbonyl (C=O) groups is 1. The van der Waals surface area contributed by atoms with Crippen molar-refractivity contribution < 1.29 is 23.5 Å². The van der Waals surface area contributed by atoms with E-state index in [2.05, 4.69) is 22.4 Å². The molecule has 36 heavy (non-hydrogen) atoms. The fraction of sp³-hybridized carbons (Fsp3) is 0.429. The van der Waals surface area contributed by atoms with Crippen LogP contribution >= 0.6 is 0 Å². The summed E-state index contributed by atoms with van der Waals surface area (Å²) in [5.74, 6) is 1.83. The number of aromatic nitrogens is 1. The lowest BCUT2D eigenvalue weighted by Gasteiger charge is -2.31. The maximum atomic E-state index is 12.9. The van der Waals surface area contributed by atoms with Gasteiger partial charge in [-0.1, -0.05) is 29.4 Å². The lowest BCUT2D eigenvalue weighted by Crippen LogP contribution is -2.38. The van der Waals surface area contributed by atoms with Crippen LogP contribution in [-0.4, -0.2) is 55.4 Å². The highest BCUT2D eigenvalue weighted by molar-refractivity contribution is 5.96. The second-order valence-electron chi connectivity index (χ2n) is 9.09. The number of rotatable bonds is 11. The zero-order valence-electron chi connectivity index (χ0n) is 21.3. The Hall–Kier alpha value is -3.36. The van der Waals surface area contributed by atoms with Crippen molar-refractivity contribution in [3.05, 3.63) is 76.7 Å². The Labute approximate surface area is 212 Å². The number of likely N-dealkylation sites (N-methyl/N-ethyl adjacent to an activating group) is 1. The second-order valence-corrected chi connectivity index (χ2v) is 9.09. The van der Waals surface area contributed by atoms with Crippen molar-refractivity contribution in [1.82, 2.24) is 15.4 Å². The van der Waals surface area contributed by atoms with Crippen molar-refractivity contribution in [1.29, 1.82) is 0 Å². The van der Waals surface area contributed by atoms with Crippen LogP contribution in [-0.2, 0) is 17.9 Å². The molecule has 1 N–H and O–H groups in total. The summed E-state index contributed by atoms with van der Waals surface area (Å²) in [6.07, 6.45) is 2.14. The van der Waals surface area contributed by atoms with Gasteiger partial charge in [-0.3, -0.25) is 9.69 Å². The van der Waals surface area contributed by atoms with E-state index in [9.17, 15) is 4.79 Å². The van der Waals surface area contributed by atoms with Crippen LogP contribution in [0.25, 0.3) is 0 Å². The van der Waals surface area contributed by atoms with E-state index in [-0.39, 0.29) is 12.5 Å². The fourth-order valence-electron chi connectivity index (χ4n) is 4.28. The van der Waals surface area contributed by atoms with Crippen LogP contribution in [0.3, 0.4) is 0 Å². The third kappa shape index (κ3) is 6.86. The Kier molecular flexibility index (Phi) is 8.97. The fourth-order valence-corrected chi connectivity index (χ4v) is 4.28. The first-order valence-electron chi connectivity index (χ1n) is 12.4. The third-order valence-corrected chi connectivity index (χ3v) is 6.56. The van der Waals surface area contributed by atoms with Crippen LogP contribution < -0.4 is 14.8 Å². The third-order valence-electron chi connectivity index (χ3n) is 6.56. The van der Waals surface area contributed by atoms with E-state index in [1.165, 1.54) is 0 Å². The van der Waals surface area contributed by atoms with Gasteiger partial charge in [0.15, 0.2) is 0 Å². The molecular weight excluding hydrogens is 458 g/mol. The van der Waals surface area contributed by atoms with Gasteiger partial charge in [0, 0.05) is 32.3 Å². The molecule has 4 rings (SSSR count). The molecule has 1 amide bonds. The number of aryl methyl sites for hydroxylation is 2. The smallest absolute Gasteiger partial charge is 0.255 e. The van der Waals surface area contributed by atoms with Gasteiger partial charge >= 0.3 is 0 Å². The molecule has 1 saturated heterocycles. The van der Waals surface area contributed by atoms with Gasteiger partial charge in [-0.05, 0) is 63.6 Å². The minimum Gasteiger partial charge on any atom is -0.492 e. The van der Waals surface area contributed by atoms with Crippen LogP contribution in [0.15, 0.2) is 53.1 Å². The Morgan fingerprint density at radius 3 is 2.69 bits per heavy atom. The Balaban J connectivity index is 1.28. The van der Waals surface area contributed by atoms with Crippen molar-refractivity contribution >= 4 is 5.91 Å². The lowest BCUT2D eigenvalue weighted by molar-refractivity contribution is 0.0392. The van der Waals surface area contributed by atoms with Crippen LogP contribution in [0.2, 0.25) is 0 Å². The van der Waals surface area contributed by atoms with Gasteiger partial charge in [0.25, 0.3) is 5.91 Å². The first-order chi connectivity index (χ1) is 17.5. The van der Waals surface area contributed by atoms with Crippen molar-refractivity contribution in [2.75, 3.05) is 33.4 Å². The Morgan fingerprint density at radius 1 is 1.11 bits per heavy atom. The van der Waals surface area contributed by atoms with Crippen LogP contribution in [0, 0.1) is 13.8 Å². The van der Waals surface area contributed by atoms with Crippen molar-refractivity contribution in [2.45, 2.75) is 45.9 Å². The SMILES string of the molecule is Cc1noc(C)c1COc1ccccc1C(=O)NCc1cccc(OCCN(C)C2CCOCC2)c1. The molecule has 0 saturated carbocycles. The van der Waals surface area contributed by atoms with Gasteiger partial charge in [0.05, 0.1) is 16.8 Å². The van der Waals surface area contributed by atoms with Crippen LogP contribution in [0.5, 0.6) is 11.5 Å². The number of carbonyl (C=O) groups excluding carboxylic acids is 1. The number of amides is 1. The summed E-state index contributed by atoms with van der Waals surface area (Å²) in [6.45, 7) is 7.53. The number of benzene rings is 2. The predicted molar refractivity (Wildman–Crippen MR) is 136 cm³/mol. The zero-order chi connectivity index (χ0) is 25.3. The predicted octanol–water partition coefficient (Wildman–Crippen LogP) is 4.29. The molecule has 2 heterocycles. The van der Waals surface area contributed by atoms with Gasteiger partial charge in [-0.25, -0.2) is 0 Å². The van der Waals surface area contributed by atoms with Gasteiger partial charge in [-0.2, -0.15) is 0 Å². The lowest BCUT2D eigenvalue weighted by atomic mass is 10.1. The minimum atomic E-state index is -0.200. The van der Waals surface area contributed by atoms with E-state index in [1.807, 2.05) is 50.2 Å². The van der Waals surface area contributed by atoms with Gasteiger partial charge < -0.3 is 24.1 Å². The van der Waals surface area contributed by atoms with Gasteiger partial charge in [0.1, 0.15) is 30.5 Å². The van der Waals surface area contributed by atoms with Crippen molar-refractivity contribution in [3.63, 3.8) is 0 Å². The first kappa shape index (κ1) is 25.7. The monoisotopic (exact) mass is 493 g/mol. The van der Waals surface area contributed by atoms with Gasteiger partial charge in [0.2, 0.25) is 0 Å². The molecule has 1 aliphatic heterocycles. The number of nitrogens with one attached hydrogen (secondary N) is 1. The molecule has 192 valence electrons. The largest absolute Gasteiger partial charge is 0.492 e. The number of hydrogen-bond donors (Lipinski definition) is 1. The average molecular weight is 494 g/mol. The highest BCUT2D eigenvalue weighted by Gasteiger charge is 2.18. The van der Waals surface area contributed by atoms with E-state index in [0.717, 1.165) is 55.2 Å². The highest BCUT2D eigenvalue weighted by Crippen LogP contribution is 2.22. The van der Waals surface area contributed by atoms with E-state index in [1.54, 1.807) is 12.1 Å². The van der Waals surface area contributed by atoms with E-state index in [4.69, 9.17) is 18.7 Å². The average Bonchev–Trinajstić information content (AvgIpc) is 3.23. The topological polar surface area (TPSA) is 86.1 Å².